The van der Waals surface area contributed by atoms with E-state index in [1.165, 1.54) is 27.8 Å². The largest absolute Gasteiger partial charge is 0.492 e. The van der Waals surface area contributed by atoms with Crippen LogP contribution < -0.4 is 10.1 Å². The molecule has 2 aromatic rings. The van der Waals surface area contributed by atoms with Gasteiger partial charge in [-0.3, -0.25) is 0 Å². The minimum atomic E-state index is 0.200. The lowest BCUT2D eigenvalue weighted by Crippen LogP contribution is -2.24. The molecular formula is C19H25NO. The molecule has 0 fully saturated rings. The van der Waals surface area contributed by atoms with Crippen LogP contribution >= 0.6 is 0 Å². The summed E-state index contributed by atoms with van der Waals surface area (Å²) in [5.74, 6) is 0.943. The van der Waals surface area contributed by atoms with E-state index < -0.39 is 0 Å². The Morgan fingerprint density at radius 1 is 0.905 bits per heavy atom. The number of hydrogen-bond acceptors (Lipinski definition) is 2. The predicted molar refractivity (Wildman–Crippen MR) is 89.1 cm³/mol. The lowest BCUT2D eigenvalue weighted by atomic mass is 9.99. The van der Waals surface area contributed by atoms with Crippen molar-refractivity contribution in [3.05, 3.63) is 64.2 Å². The second-order valence-electron chi connectivity index (χ2n) is 5.84. The Labute approximate surface area is 128 Å². The summed E-state index contributed by atoms with van der Waals surface area (Å²) < 4.78 is 6.01. The molecule has 21 heavy (non-hydrogen) atoms. The van der Waals surface area contributed by atoms with Gasteiger partial charge in [-0.05, 0) is 69.1 Å². The number of likely N-dealkylation sites (N-methyl/N-ethyl adjacent to an activating group) is 1. The molecule has 2 rings (SSSR count). The minimum Gasteiger partial charge on any atom is -0.492 e. The van der Waals surface area contributed by atoms with E-state index in [-0.39, 0.29) is 6.04 Å². The molecule has 1 atom stereocenters. The summed E-state index contributed by atoms with van der Waals surface area (Å²) in [6.07, 6.45) is 0. The number of nitrogens with one attached hydrogen (secondary N) is 1. The van der Waals surface area contributed by atoms with Crippen molar-refractivity contribution >= 4 is 0 Å². The zero-order chi connectivity index (χ0) is 15.4. The van der Waals surface area contributed by atoms with Gasteiger partial charge >= 0.3 is 0 Å². The first-order valence-electron chi connectivity index (χ1n) is 7.45. The highest BCUT2D eigenvalue weighted by atomic mass is 16.5. The van der Waals surface area contributed by atoms with Crippen LogP contribution in [0.2, 0.25) is 0 Å². The zero-order valence-corrected chi connectivity index (χ0v) is 13.7. The molecular weight excluding hydrogens is 258 g/mol. The van der Waals surface area contributed by atoms with Crippen molar-refractivity contribution in [2.24, 2.45) is 0 Å². The van der Waals surface area contributed by atoms with Crippen molar-refractivity contribution < 1.29 is 4.74 Å². The maximum Gasteiger partial charge on any atom is 0.119 e. The molecule has 0 radical (unpaired) electrons. The Morgan fingerprint density at radius 3 is 2.19 bits per heavy atom. The summed E-state index contributed by atoms with van der Waals surface area (Å²) in [5, 5.41) is 3.36. The summed E-state index contributed by atoms with van der Waals surface area (Å²) >= 11 is 0. The van der Waals surface area contributed by atoms with E-state index >= 15 is 0 Å². The second kappa shape index (κ2) is 6.77. The maximum atomic E-state index is 6.01. The average molecular weight is 283 g/mol. The van der Waals surface area contributed by atoms with Crippen molar-refractivity contribution in [2.45, 2.75) is 33.7 Å². The smallest absolute Gasteiger partial charge is 0.119 e. The van der Waals surface area contributed by atoms with Crippen LogP contribution in [-0.4, -0.2) is 13.7 Å². The number of hydrogen-bond donors (Lipinski definition) is 1. The molecule has 1 unspecified atom stereocenters. The van der Waals surface area contributed by atoms with Crippen molar-refractivity contribution in [1.29, 1.82) is 0 Å². The Bertz CT molecular complexity index is 599. The van der Waals surface area contributed by atoms with Gasteiger partial charge in [0.15, 0.2) is 0 Å². The van der Waals surface area contributed by atoms with Gasteiger partial charge in [-0.2, -0.15) is 0 Å². The van der Waals surface area contributed by atoms with Crippen LogP contribution in [-0.2, 0) is 0 Å². The Hall–Kier alpha value is -1.80. The predicted octanol–water partition coefficient (Wildman–Crippen LogP) is 4.26. The standard InChI is InChI=1S/C19H25NO/c1-13-6-7-16(4)18(11-13)19(20-5)12-21-17-9-14(2)8-15(3)10-17/h6-11,19-20H,12H2,1-5H3. The first-order valence-corrected chi connectivity index (χ1v) is 7.45. The van der Waals surface area contributed by atoms with E-state index in [0.29, 0.717) is 6.61 Å². The van der Waals surface area contributed by atoms with Gasteiger partial charge in [-0.1, -0.05) is 29.8 Å². The molecule has 0 aliphatic heterocycles. The van der Waals surface area contributed by atoms with Gasteiger partial charge in [0.2, 0.25) is 0 Å². The third kappa shape index (κ3) is 4.08. The lowest BCUT2D eigenvalue weighted by molar-refractivity contribution is 0.272. The summed E-state index contributed by atoms with van der Waals surface area (Å²) in [6, 6.07) is 13.1. The molecule has 2 aromatic carbocycles. The van der Waals surface area contributed by atoms with Crippen LogP contribution in [0.1, 0.15) is 33.9 Å². The Balaban J connectivity index is 2.14. The highest BCUT2D eigenvalue weighted by Crippen LogP contribution is 2.22. The molecule has 0 saturated carbocycles. The van der Waals surface area contributed by atoms with E-state index in [2.05, 4.69) is 69.4 Å². The Kier molecular flexibility index (Phi) is 5.03. The fraction of sp³-hybridized carbons (Fsp3) is 0.368. The van der Waals surface area contributed by atoms with E-state index in [4.69, 9.17) is 4.74 Å². The summed E-state index contributed by atoms with van der Waals surface area (Å²) in [5.41, 5.74) is 6.35. The third-order valence-electron chi connectivity index (χ3n) is 3.77. The summed E-state index contributed by atoms with van der Waals surface area (Å²) in [6.45, 7) is 9.10. The summed E-state index contributed by atoms with van der Waals surface area (Å²) in [4.78, 5) is 0. The molecule has 0 aliphatic rings. The molecule has 0 bridgehead atoms. The second-order valence-corrected chi connectivity index (χ2v) is 5.84. The van der Waals surface area contributed by atoms with Crippen molar-refractivity contribution in [3.63, 3.8) is 0 Å². The number of ether oxygens (including phenoxy) is 1. The van der Waals surface area contributed by atoms with Crippen LogP contribution in [0.25, 0.3) is 0 Å². The molecule has 0 spiro atoms. The number of aryl methyl sites for hydroxylation is 4. The first kappa shape index (κ1) is 15.6. The maximum absolute atomic E-state index is 6.01. The highest BCUT2D eigenvalue weighted by Gasteiger charge is 2.13. The van der Waals surface area contributed by atoms with Gasteiger partial charge in [-0.15, -0.1) is 0 Å². The van der Waals surface area contributed by atoms with E-state index in [0.717, 1.165) is 5.75 Å². The molecule has 2 heteroatoms. The lowest BCUT2D eigenvalue weighted by Gasteiger charge is -2.20. The van der Waals surface area contributed by atoms with Gasteiger partial charge in [0.05, 0.1) is 6.04 Å². The molecule has 2 nitrogen and oxygen atoms in total. The van der Waals surface area contributed by atoms with Crippen LogP contribution in [0.4, 0.5) is 0 Å². The fourth-order valence-electron chi connectivity index (χ4n) is 2.66. The Morgan fingerprint density at radius 2 is 1.57 bits per heavy atom. The minimum absolute atomic E-state index is 0.200. The molecule has 1 N–H and O–H groups in total. The van der Waals surface area contributed by atoms with Gasteiger partial charge in [0.1, 0.15) is 12.4 Å². The summed E-state index contributed by atoms with van der Waals surface area (Å²) in [7, 11) is 1.98. The topological polar surface area (TPSA) is 21.3 Å². The van der Waals surface area contributed by atoms with E-state index in [1.54, 1.807) is 0 Å². The third-order valence-corrected chi connectivity index (χ3v) is 3.77. The molecule has 0 aliphatic carbocycles. The van der Waals surface area contributed by atoms with Crippen LogP contribution in [0.5, 0.6) is 5.75 Å². The van der Waals surface area contributed by atoms with Crippen molar-refractivity contribution in [2.75, 3.05) is 13.7 Å². The van der Waals surface area contributed by atoms with E-state index in [9.17, 15) is 0 Å². The van der Waals surface area contributed by atoms with E-state index in [1.807, 2.05) is 7.05 Å². The molecule has 0 heterocycles. The van der Waals surface area contributed by atoms with Gasteiger partial charge in [-0.25, -0.2) is 0 Å². The molecule has 0 saturated heterocycles. The van der Waals surface area contributed by atoms with Gasteiger partial charge in [0, 0.05) is 0 Å². The monoisotopic (exact) mass is 283 g/mol. The van der Waals surface area contributed by atoms with Crippen LogP contribution in [0.3, 0.4) is 0 Å². The molecule has 112 valence electrons. The quantitative estimate of drug-likeness (QED) is 0.885. The van der Waals surface area contributed by atoms with Crippen molar-refractivity contribution in [1.82, 2.24) is 5.32 Å². The fourth-order valence-corrected chi connectivity index (χ4v) is 2.66. The SMILES string of the molecule is CNC(COc1cc(C)cc(C)c1)c1cc(C)ccc1C. The van der Waals surface area contributed by atoms with Crippen molar-refractivity contribution in [3.8, 4) is 5.75 Å². The zero-order valence-electron chi connectivity index (χ0n) is 13.7. The normalized spacial score (nSPS) is 12.2. The highest BCUT2D eigenvalue weighted by molar-refractivity contribution is 5.35. The number of benzene rings is 2. The molecule has 0 amide bonds. The average Bonchev–Trinajstić information content (AvgIpc) is 2.42. The molecule has 0 aromatic heterocycles. The van der Waals surface area contributed by atoms with Gasteiger partial charge < -0.3 is 10.1 Å². The first-order chi connectivity index (χ1) is 9.99. The van der Waals surface area contributed by atoms with Crippen LogP contribution in [0.15, 0.2) is 36.4 Å². The van der Waals surface area contributed by atoms with Gasteiger partial charge in [0.25, 0.3) is 0 Å². The number of rotatable bonds is 5. The van der Waals surface area contributed by atoms with Crippen LogP contribution in [0, 0.1) is 27.7 Å².